The van der Waals surface area contributed by atoms with Gasteiger partial charge in [-0.15, -0.1) is 0 Å². The molecule has 0 amide bonds. The maximum atomic E-state index is 10.9. The summed E-state index contributed by atoms with van der Waals surface area (Å²) in [5.74, 6) is -0.335. The zero-order chi connectivity index (χ0) is 12.1. The fourth-order valence-electron chi connectivity index (χ4n) is 1.52. The van der Waals surface area contributed by atoms with Crippen LogP contribution in [0.25, 0.3) is 0 Å². The SMILES string of the molecule is C=COC(=O)C=CCCCCCCCCC. The first-order valence-electron chi connectivity index (χ1n) is 6.29. The van der Waals surface area contributed by atoms with E-state index in [4.69, 9.17) is 0 Å². The van der Waals surface area contributed by atoms with Gasteiger partial charge in [0.05, 0.1) is 6.26 Å². The second kappa shape index (κ2) is 12.0. The fraction of sp³-hybridized carbons (Fsp3) is 0.643. The van der Waals surface area contributed by atoms with Gasteiger partial charge in [-0.1, -0.05) is 58.1 Å². The van der Waals surface area contributed by atoms with Crippen LogP contribution in [-0.4, -0.2) is 5.97 Å². The van der Waals surface area contributed by atoms with Crippen LogP contribution in [0.3, 0.4) is 0 Å². The van der Waals surface area contributed by atoms with Crippen molar-refractivity contribution in [3.63, 3.8) is 0 Å². The number of hydrogen-bond donors (Lipinski definition) is 0. The first kappa shape index (κ1) is 14.9. The van der Waals surface area contributed by atoms with Crippen LogP contribution in [0.15, 0.2) is 25.0 Å². The Balaban J connectivity index is 3.20. The minimum Gasteiger partial charge on any atom is -0.432 e. The number of rotatable bonds is 10. The molecule has 0 aromatic heterocycles. The number of carbonyl (C=O) groups is 1. The number of unbranched alkanes of at least 4 members (excludes halogenated alkanes) is 7. The Labute approximate surface area is 99.4 Å². The molecule has 0 unspecified atom stereocenters. The first-order chi connectivity index (χ1) is 7.81. The molecule has 0 aliphatic rings. The average molecular weight is 224 g/mol. The summed E-state index contributed by atoms with van der Waals surface area (Å²) in [7, 11) is 0. The molecule has 2 heteroatoms. The van der Waals surface area contributed by atoms with Crippen molar-refractivity contribution in [1.82, 2.24) is 0 Å². The van der Waals surface area contributed by atoms with Crippen LogP contribution >= 0.6 is 0 Å². The maximum Gasteiger partial charge on any atom is 0.335 e. The highest BCUT2D eigenvalue weighted by molar-refractivity contribution is 5.82. The third kappa shape index (κ3) is 11.0. The van der Waals surface area contributed by atoms with Gasteiger partial charge in [-0.2, -0.15) is 0 Å². The number of carbonyl (C=O) groups excluding carboxylic acids is 1. The molecule has 16 heavy (non-hydrogen) atoms. The second-order valence-corrected chi connectivity index (χ2v) is 3.92. The molecule has 0 spiro atoms. The molecule has 2 nitrogen and oxygen atoms in total. The normalized spacial score (nSPS) is 10.6. The van der Waals surface area contributed by atoms with Gasteiger partial charge in [-0.25, -0.2) is 4.79 Å². The van der Waals surface area contributed by atoms with Crippen molar-refractivity contribution in [2.75, 3.05) is 0 Å². The Morgan fingerprint density at radius 2 is 1.75 bits per heavy atom. The highest BCUT2D eigenvalue weighted by atomic mass is 16.5. The minimum absolute atomic E-state index is 0.335. The Bertz CT molecular complexity index is 207. The fourth-order valence-corrected chi connectivity index (χ4v) is 1.52. The molecule has 0 saturated carbocycles. The van der Waals surface area contributed by atoms with Gasteiger partial charge in [-0.3, -0.25) is 0 Å². The van der Waals surface area contributed by atoms with E-state index in [-0.39, 0.29) is 5.97 Å². The van der Waals surface area contributed by atoms with Crippen LogP contribution in [0.4, 0.5) is 0 Å². The number of esters is 1. The van der Waals surface area contributed by atoms with Crippen LogP contribution in [0.2, 0.25) is 0 Å². The number of hydrogen-bond acceptors (Lipinski definition) is 2. The number of allylic oxidation sites excluding steroid dienone is 1. The predicted octanol–water partition coefficient (Wildman–Crippen LogP) is 4.37. The molecule has 0 aliphatic carbocycles. The van der Waals surface area contributed by atoms with E-state index in [1.54, 1.807) is 0 Å². The van der Waals surface area contributed by atoms with Crippen molar-refractivity contribution in [2.24, 2.45) is 0 Å². The van der Waals surface area contributed by atoms with Gasteiger partial charge in [0, 0.05) is 6.08 Å². The largest absolute Gasteiger partial charge is 0.432 e. The van der Waals surface area contributed by atoms with E-state index >= 15 is 0 Å². The van der Waals surface area contributed by atoms with Crippen LogP contribution in [0.1, 0.15) is 58.3 Å². The van der Waals surface area contributed by atoms with Crippen molar-refractivity contribution in [3.8, 4) is 0 Å². The molecular formula is C14H24O2. The van der Waals surface area contributed by atoms with Crippen LogP contribution < -0.4 is 0 Å². The third-order valence-corrected chi connectivity index (χ3v) is 2.43. The van der Waals surface area contributed by atoms with E-state index in [1.165, 1.54) is 44.6 Å². The standard InChI is InChI=1S/C14H24O2/c1-3-5-6-7-8-9-10-11-12-13-14(15)16-4-2/h4,12-13H,2-3,5-11H2,1H3. The van der Waals surface area contributed by atoms with E-state index in [0.717, 1.165) is 19.1 Å². The highest BCUT2D eigenvalue weighted by Gasteiger charge is 1.92. The molecule has 0 N–H and O–H groups in total. The van der Waals surface area contributed by atoms with Crippen molar-refractivity contribution >= 4 is 5.97 Å². The molecule has 0 bridgehead atoms. The van der Waals surface area contributed by atoms with Crippen molar-refractivity contribution < 1.29 is 9.53 Å². The molecule has 92 valence electrons. The lowest BCUT2D eigenvalue weighted by Crippen LogP contribution is -1.92. The summed E-state index contributed by atoms with van der Waals surface area (Å²) in [6.07, 6.45) is 14.5. The molecule has 0 atom stereocenters. The maximum absolute atomic E-state index is 10.9. The summed E-state index contributed by atoms with van der Waals surface area (Å²) in [5.41, 5.74) is 0. The van der Waals surface area contributed by atoms with E-state index in [1.807, 2.05) is 6.08 Å². The summed E-state index contributed by atoms with van der Waals surface area (Å²) in [6.45, 7) is 5.55. The van der Waals surface area contributed by atoms with Crippen molar-refractivity contribution in [2.45, 2.75) is 58.3 Å². The van der Waals surface area contributed by atoms with Gasteiger partial charge in [0.25, 0.3) is 0 Å². The lowest BCUT2D eigenvalue weighted by atomic mass is 10.1. The van der Waals surface area contributed by atoms with E-state index in [9.17, 15) is 4.79 Å². The quantitative estimate of drug-likeness (QED) is 0.238. The molecular weight excluding hydrogens is 200 g/mol. The van der Waals surface area contributed by atoms with E-state index in [0.29, 0.717) is 0 Å². The van der Waals surface area contributed by atoms with Gasteiger partial charge in [0.15, 0.2) is 0 Å². The van der Waals surface area contributed by atoms with Crippen LogP contribution in [0.5, 0.6) is 0 Å². The topological polar surface area (TPSA) is 26.3 Å². The molecule has 0 aliphatic heterocycles. The number of ether oxygens (including phenoxy) is 1. The lowest BCUT2D eigenvalue weighted by molar-refractivity contribution is -0.132. The van der Waals surface area contributed by atoms with Crippen molar-refractivity contribution in [3.05, 3.63) is 25.0 Å². The summed E-state index contributed by atoms with van der Waals surface area (Å²) in [6, 6.07) is 0. The molecule has 0 rings (SSSR count). The Hall–Kier alpha value is -1.05. The zero-order valence-electron chi connectivity index (χ0n) is 10.4. The Morgan fingerprint density at radius 1 is 1.12 bits per heavy atom. The Morgan fingerprint density at radius 3 is 2.38 bits per heavy atom. The molecule has 0 heterocycles. The zero-order valence-corrected chi connectivity index (χ0v) is 10.4. The summed E-state index contributed by atoms with van der Waals surface area (Å²) in [4.78, 5) is 10.9. The molecule has 0 radical (unpaired) electrons. The molecule has 0 fully saturated rings. The monoisotopic (exact) mass is 224 g/mol. The molecule has 0 aromatic rings. The van der Waals surface area contributed by atoms with E-state index < -0.39 is 0 Å². The lowest BCUT2D eigenvalue weighted by Gasteiger charge is -1.98. The Kier molecular flexibility index (Phi) is 11.2. The van der Waals surface area contributed by atoms with E-state index in [2.05, 4.69) is 18.2 Å². The van der Waals surface area contributed by atoms with Gasteiger partial charge in [-0.05, 0) is 12.8 Å². The first-order valence-corrected chi connectivity index (χ1v) is 6.29. The van der Waals surface area contributed by atoms with Crippen molar-refractivity contribution in [1.29, 1.82) is 0 Å². The second-order valence-electron chi connectivity index (χ2n) is 3.92. The minimum atomic E-state index is -0.335. The summed E-state index contributed by atoms with van der Waals surface area (Å²) >= 11 is 0. The smallest absolute Gasteiger partial charge is 0.335 e. The molecule has 0 saturated heterocycles. The molecule has 0 aromatic carbocycles. The van der Waals surface area contributed by atoms with Gasteiger partial charge < -0.3 is 4.74 Å². The summed E-state index contributed by atoms with van der Waals surface area (Å²) < 4.78 is 4.55. The van der Waals surface area contributed by atoms with Gasteiger partial charge >= 0.3 is 5.97 Å². The van der Waals surface area contributed by atoms with Crippen LogP contribution in [0, 0.1) is 0 Å². The van der Waals surface area contributed by atoms with Gasteiger partial charge in [0.1, 0.15) is 0 Å². The third-order valence-electron chi connectivity index (χ3n) is 2.43. The predicted molar refractivity (Wildman–Crippen MR) is 68.0 cm³/mol. The highest BCUT2D eigenvalue weighted by Crippen LogP contribution is 2.08. The average Bonchev–Trinajstić information content (AvgIpc) is 2.27. The summed E-state index contributed by atoms with van der Waals surface area (Å²) in [5, 5.41) is 0. The van der Waals surface area contributed by atoms with Gasteiger partial charge in [0.2, 0.25) is 0 Å². The van der Waals surface area contributed by atoms with Crippen LogP contribution in [-0.2, 0) is 9.53 Å².